The molecule has 5 heteroatoms. The van der Waals surface area contributed by atoms with Gasteiger partial charge < -0.3 is 10.3 Å². The second kappa shape index (κ2) is 3.51. The van der Waals surface area contributed by atoms with E-state index in [2.05, 4.69) is 10.1 Å². The summed E-state index contributed by atoms with van der Waals surface area (Å²) in [5, 5.41) is 5.84. The Morgan fingerprint density at radius 1 is 1.57 bits per heavy atom. The summed E-state index contributed by atoms with van der Waals surface area (Å²) in [6.45, 7) is 3.86. The van der Waals surface area contributed by atoms with Crippen molar-refractivity contribution >= 4 is 11.3 Å². The Morgan fingerprint density at radius 3 is 2.86 bits per heavy atom. The zero-order valence-electron chi connectivity index (χ0n) is 8.02. The molecule has 0 saturated heterocycles. The average molecular weight is 209 g/mol. The second-order valence-electron chi connectivity index (χ2n) is 3.23. The minimum Gasteiger partial charge on any atom is -0.333 e. The molecule has 0 aliphatic heterocycles. The SMILES string of the molecule is Cc1csc(-c2nc(C(C)N)no2)c1. The molecule has 0 radical (unpaired) electrons. The van der Waals surface area contributed by atoms with Crippen LogP contribution in [0.1, 0.15) is 24.4 Å². The first kappa shape index (κ1) is 9.36. The van der Waals surface area contributed by atoms with Crippen molar-refractivity contribution in [3.63, 3.8) is 0 Å². The van der Waals surface area contributed by atoms with Crippen molar-refractivity contribution in [1.29, 1.82) is 0 Å². The van der Waals surface area contributed by atoms with Gasteiger partial charge in [0.1, 0.15) is 0 Å². The number of nitrogens with zero attached hydrogens (tertiary/aromatic N) is 2. The molecule has 0 saturated carbocycles. The molecular formula is C9H11N3OS. The summed E-state index contributed by atoms with van der Waals surface area (Å²) in [6.07, 6.45) is 0. The normalized spacial score (nSPS) is 13.1. The van der Waals surface area contributed by atoms with Crippen molar-refractivity contribution in [3.05, 3.63) is 22.8 Å². The largest absolute Gasteiger partial charge is 0.333 e. The highest BCUT2D eigenvalue weighted by Gasteiger charge is 2.12. The molecule has 0 aromatic carbocycles. The van der Waals surface area contributed by atoms with Gasteiger partial charge in [-0.1, -0.05) is 5.16 Å². The Bertz CT molecular complexity index is 433. The van der Waals surface area contributed by atoms with E-state index in [4.69, 9.17) is 10.3 Å². The highest BCUT2D eigenvalue weighted by molar-refractivity contribution is 7.13. The van der Waals surface area contributed by atoms with Gasteiger partial charge >= 0.3 is 0 Å². The van der Waals surface area contributed by atoms with Gasteiger partial charge in [-0.15, -0.1) is 11.3 Å². The Kier molecular flexibility index (Phi) is 2.35. The molecule has 0 spiro atoms. The van der Waals surface area contributed by atoms with E-state index in [1.165, 1.54) is 5.56 Å². The molecule has 2 N–H and O–H groups in total. The van der Waals surface area contributed by atoms with Crippen molar-refractivity contribution in [2.45, 2.75) is 19.9 Å². The van der Waals surface area contributed by atoms with Crippen LogP contribution in [0, 0.1) is 6.92 Å². The molecule has 1 atom stereocenters. The molecule has 74 valence electrons. The van der Waals surface area contributed by atoms with Crippen LogP contribution < -0.4 is 5.73 Å². The summed E-state index contributed by atoms with van der Waals surface area (Å²) in [4.78, 5) is 5.19. The minimum atomic E-state index is -0.187. The minimum absolute atomic E-state index is 0.187. The zero-order valence-corrected chi connectivity index (χ0v) is 8.84. The lowest BCUT2D eigenvalue weighted by atomic mass is 10.3. The van der Waals surface area contributed by atoms with Gasteiger partial charge in [0.2, 0.25) is 0 Å². The number of rotatable bonds is 2. The van der Waals surface area contributed by atoms with Gasteiger partial charge in [-0.25, -0.2) is 0 Å². The molecule has 2 aromatic heterocycles. The van der Waals surface area contributed by atoms with E-state index >= 15 is 0 Å². The molecule has 0 fully saturated rings. The van der Waals surface area contributed by atoms with E-state index < -0.39 is 0 Å². The van der Waals surface area contributed by atoms with Crippen LogP contribution >= 0.6 is 11.3 Å². The maximum Gasteiger partial charge on any atom is 0.268 e. The highest BCUT2D eigenvalue weighted by atomic mass is 32.1. The van der Waals surface area contributed by atoms with Gasteiger partial charge in [0, 0.05) is 0 Å². The van der Waals surface area contributed by atoms with Crippen LogP contribution in [0.2, 0.25) is 0 Å². The monoisotopic (exact) mass is 209 g/mol. The fourth-order valence-electron chi connectivity index (χ4n) is 1.06. The van der Waals surface area contributed by atoms with Crippen LogP contribution in [-0.2, 0) is 0 Å². The van der Waals surface area contributed by atoms with Crippen LogP contribution in [0.15, 0.2) is 16.0 Å². The van der Waals surface area contributed by atoms with Crippen molar-refractivity contribution < 1.29 is 4.52 Å². The number of aromatic nitrogens is 2. The van der Waals surface area contributed by atoms with Crippen LogP contribution in [0.4, 0.5) is 0 Å². The maximum absolute atomic E-state index is 5.63. The van der Waals surface area contributed by atoms with Crippen LogP contribution in [0.5, 0.6) is 0 Å². The van der Waals surface area contributed by atoms with Gasteiger partial charge in [0.05, 0.1) is 10.9 Å². The molecule has 2 rings (SSSR count). The number of hydrogen-bond donors (Lipinski definition) is 1. The van der Waals surface area contributed by atoms with Crippen LogP contribution in [0.3, 0.4) is 0 Å². The summed E-state index contributed by atoms with van der Waals surface area (Å²) in [5.74, 6) is 1.10. The molecule has 0 bridgehead atoms. The molecule has 2 aromatic rings. The molecule has 2 heterocycles. The molecule has 1 unspecified atom stereocenters. The zero-order chi connectivity index (χ0) is 10.1. The predicted molar refractivity (Wildman–Crippen MR) is 55.0 cm³/mol. The van der Waals surface area contributed by atoms with E-state index in [1.807, 2.05) is 25.3 Å². The first-order valence-electron chi connectivity index (χ1n) is 4.31. The van der Waals surface area contributed by atoms with Gasteiger partial charge in [-0.3, -0.25) is 0 Å². The highest BCUT2D eigenvalue weighted by Crippen LogP contribution is 2.25. The molecule has 0 aliphatic rings. The average Bonchev–Trinajstić information content (AvgIpc) is 2.70. The number of thiophene rings is 1. The Labute approximate surface area is 85.7 Å². The number of aryl methyl sites for hydroxylation is 1. The standard InChI is InChI=1S/C9H11N3OS/c1-5-3-7(14-4-5)9-11-8(6(2)10)12-13-9/h3-4,6H,10H2,1-2H3. The van der Waals surface area contributed by atoms with E-state index in [1.54, 1.807) is 11.3 Å². The van der Waals surface area contributed by atoms with Crippen molar-refractivity contribution in [2.24, 2.45) is 5.73 Å². The Balaban J connectivity index is 2.33. The van der Waals surface area contributed by atoms with Gasteiger partial charge in [-0.2, -0.15) is 4.98 Å². The van der Waals surface area contributed by atoms with Crippen molar-refractivity contribution in [1.82, 2.24) is 10.1 Å². The fourth-order valence-corrected chi connectivity index (χ4v) is 1.88. The smallest absolute Gasteiger partial charge is 0.268 e. The third-order valence-electron chi connectivity index (χ3n) is 1.79. The molecule has 4 nitrogen and oxygen atoms in total. The maximum atomic E-state index is 5.63. The summed E-state index contributed by atoms with van der Waals surface area (Å²) in [6, 6.07) is 1.83. The van der Waals surface area contributed by atoms with Gasteiger partial charge in [-0.05, 0) is 30.9 Å². The van der Waals surface area contributed by atoms with Gasteiger partial charge in [0.25, 0.3) is 5.89 Å². The second-order valence-corrected chi connectivity index (χ2v) is 4.15. The molecular weight excluding hydrogens is 198 g/mol. The third kappa shape index (κ3) is 1.69. The number of nitrogens with two attached hydrogens (primary N) is 1. The van der Waals surface area contributed by atoms with E-state index in [0.717, 1.165) is 4.88 Å². The topological polar surface area (TPSA) is 64.9 Å². The lowest BCUT2D eigenvalue weighted by Gasteiger charge is -1.92. The first-order chi connectivity index (χ1) is 6.66. The Hall–Kier alpha value is -1.20. The summed E-state index contributed by atoms with van der Waals surface area (Å²) in [5.41, 5.74) is 6.83. The Morgan fingerprint density at radius 2 is 2.36 bits per heavy atom. The molecule has 14 heavy (non-hydrogen) atoms. The summed E-state index contributed by atoms with van der Waals surface area (Å²) < 4.78 is 5.09. The van der Waals surface area contributed by atoms with E-state index in [9.17, 15) is 0 Å². The van der Waals surface area contributed by atoms with Crippen LogP contribution in [-0.4, -0.2) is 10.1 Å². The van der Waals surface area contributed by atoms with Crippen molar-refractivity contribution in [3.8, 4) is 10.8 Å². The van der Waals surface area contributed by atoms with E-state index in [0.29, 0.717) is 11.7 Å². The van der Waals surface area contributed by atoms with E-state index in [-0.39, 0.29) is 6.04 Å². The number of hydrogen-bond acceptors (Lipinski definition) is 5. The quantitative estimate of drug-likeness (QED) is 0.822. The molecule has 0 amide bonds. The first-order valence-corrected chi connectivity index (χ1v) is 5.19. The predicted octanol–water partition coefficient (Wildman–Crippen LogP) is 2.13. The lowest BCUT2D eigenvalue weighted by molar-refractivity contribution is 0.419. The van der Waals surface area contributed by atoms with Crippen molar-refractivity contribution in [2.75, 3.05) is 0 Å². The summed E-state index contributed by atoms with van der Waals surface area (Å²) in [7, 11) is 0. The third-order valence-corrected chi connectivity index (χ3v) is 2.83. The lowest BCUT2D eigenvalue weighted by Crippen LogP contribution is -2.06. The molecule has 0 aliphatic carbocycles. The summed E-state index contributed by atoms with van der Waals surface area (Å²) >= 11 is 1.59. The fraction of sp³-hybridized carbons (Fsp3) is 0.333. The van der Waals surface area contributed by atoms with Crippen LogP contribution in [0.25, 0.3) is 10.8 Å². The van der Waals surface area contributed by atoms with Gasteiger partial charge in [0.15, 0.2) is 5.82 Å².